The van der Waals surface area contributed by atoms with Crippen molar-refractivity contribution in [1.82, 2.24) is 10.2 Å². The molecule has 31 heavy (non-hydrogen) atoms. The molecule has 0 saturated carbocycles. The second-order valence-electron chi connectivity index (χ2n) is 8.04. The molecule has 0 fully saturated rings. The third-order valence-corrected chi connectivity index (χ3v) is 5.01. The van der Waals surface area contributed by atoms with Crippen LogP contribution in [0.25, 0.3) is 11.0 Å². The highest BCUT2D eigenvalue weighted by atomic mass is 16.5. The first-order valence-electron chi connectivity index (χ1n) is 10.5. The van der Waals surface area contributed by atoms with Crippen molar-refractivity contribution < 1.29 is 9.47 Å². The fourth-order valence-electron chi connectivity index (χ4n) is 2.64. The Bertz CT molecular complexity index is 1040. The number of anilines is 1. The number of nitrogen functional groups attached to an aromatic ring is 1. The zero-order valence-corrected chi connectivity index (χ0v) is 19.2. The fourth-order valence-corrected chi connectivity index (χ4v) is 2.64. The van der Waals surface area contributed by atoms with Gasteiger partial charge in [0, 0.05) is 5.69 Å². The van der Waals surface area contributed by atoms with E-state index in [2.05, 4.69) is 62.0 Å². The Kier molecular flexibility index (Phi) is 8.62. The first kappa shape index (κ1) is 23.9. The quantitative estimate of drug-likeness (QED) is 0.124. The van der Waals surface area contributed by atoms with Gasteiger partial charge in [0.1, 0.15) is 24.7 Å². The van der Waals surface area contributed by atoms with Gasteiger partial charge in [0.15, 0.2) is 0 Å². The smallest absolute Gasteiger partial charge is 0.122 e. The van der Waals surface area contributed by atoms with Gasteiger partial charge >= 0.3 is 0 Å². The third-order valence-electron chi connectivity index (χ3n) is 5.01. The molecule has 0 aliphatic carbocycles. The number of fused-ring (bicyclic) bond motifs is 1. The predicted molar refractivity (Wildman–Crippen MR) is 131 cm³/mol. The van der Waals surface area contributed by atoms with Gasteiger partial charge in [-0.2, -0.15) is 0 Å². The molecule has 3 aromatic rings. The molecule has 3 rings (SSSR count). The number of aromatic nitrogens is 2. The number of aromatic amines is 2. The Labute approximate surface area is 185 Å². The minimum Gasteiger partial charge on any atom is -0.490 e. The number of benzene rings is 2. The Morgan fingerprint density at radius 3 is 2.26 bits per heavy atom. The standard InChI is InChI=1S/C14H19NO2.C12H16N2/c1-10(2)12(4)16-7-8-17-13-5-6-14(15)11(3)9-13;1-8(2)9(3)6-10-4-5-11-12(7-10)14-13-11/h5-6,9H,1,4,7-8,15H2,2-3H3;4-5,7-8,13-14H,3,6H2,1-2H3. The fraction of sp³-hybridized carbons (Fsp3) is 0.308. The minimum atomic E-state index is 0.453. The summed E-state index contributed by atoms with van der Waals surface area (Å²) in [5.41, 5.74) is 13.3. The molecule has 0 atom stereocenters. The van der Waals surface area contributed by atoms with Crippen LogP contribution in [0, 0.1) is 12.8 Å². The summed E-state index contributed by atoms with van der Waals surface area (Å²) >= 11 is 0. The maximum Gasteiger partial charge on any atom is 0.122 e. The van der Waals surface area contributed by atoms with E-state index in [4.69, 9.17) is 15.2 Å². The summed E-state index contributed by atoms with van der Waals surface area (Å²) in [6, 6.07) is 12.0. The lowest BCUT2D eigenvalue weighted by molar-refractivity contribution is 0.162. The average molecular weight is 422 g/mol. The van der Waals surface area contributed by atoms with Crippen molar-refractivity contribution in [2.75, 3.05) is 18.9 Å². The van der Waals surface area contributed by atoms with Crippen LogP contribution in [-0.2, 0) is 11.2 Å². The zero-order chi connectivity index (χ0) is 23.0. The molecule has 2 aromatic carbocycles. The number of ether oxygens (including phenoxy) is 2. The predicted octanol–water partition coefficient (Wildman–Crippen LogP) is 6.31. The first-order valence-corrected chi connectivity index (χ1v) is 10.5. The summed E-state index contributed by atoms with van der Waals surface area (Å²) in [6.07, 6.45) is 0.979. The van der Waals surface area contributed by atoms with Crippen LogP contribution in [0.4, 0.5) is 5.69 Å². The molecule has 5 heteroatoms. The van der Waals surface area contributed by atoms with Crippen LogP contribution in [-0.4, -0.2) is 23.4 Å². The summed E-state index contributed by atoms with van der Waals surface area (Å²) < 4.78 is 10.9. The molecule has 5 nitrogen and oxygen atoms in total. The summed E-state index contributed by atoms with van der Waals surface area (Å²) in [4.78, 5) is 0. The van der Waals surface area contributed by atoms with E-state index in [0.29, 0.717) is 24.9 Å². The second kappa shape index (κ2) is 11.2. The van der Waals surface area contributed by atoms with Crippen LogP contribution in [0.15, 0.2) is 73.0 Å². The lowest BCUT2D eigenvalue weighted by Gasteiger charge is -2.11. The maximum absolute atomic E-state index is 5.72. The maximum atomic E-state index is 5.72. The first-order chi connectivity index (χ1) is 14.7. The van der Waals surface area contributed by atoms with Gasteiger partial charge in [-0.25, -0.2) is 0 Å². The summed E-state index contributed by atoms with van der Waals surface area (Å²) in [5.74, 6) is 1.95. The van der Waals surface area contributed by atoms with E-state index in [-0.39, 0.29) is 0 Å². The van der Waals surface area contributed by atoms with Gasteiger partial charge in [0.05, 0.1) is 11.0 Å². The lowest BCUT2D eigenvalue weighted by Crippen LogP contribution is -2.06. The average Bonchev–Trinajstić information content (AvgIpc) is 2.70. The van der Waals surface area contributed by atoms with Gasteiger partial charge in [0.25, 0.3) is 0 Å². The van der Waals surface area contributed by atoms with Crippen molar-refractivity contribution in [1.29, 1.82) is 0 Å². The highest BCUT2D eigenvalue weighted by Crippen LogP contribution is 2.19. The number of hydrogen-bond acceptors (Lipinski definition) is 3. The zero-order valence-electron chi connectivity index (χ0n) is 19.2. The van der Waals surface area contributed by atoms with Gasteiger partial charge in [-0.1, -0.05) is 45.2 Å². The summed E-state index contributed by atoms with van der Waals surface area (Å²) in [7, 11) is 0. The van der Waals surface area contributed by atoms with Gasteiger partial charge in [0.2, 0.25) is 0 Å². The minimum absolute atomic E-state index is 0.453. The van der Waals surface area contributed by atoms with Gasteiger partial charge < -0.3 is 15.2 Å². The van der Waals surface area contributed by atoms with E-state index < -0.39 is 0 Å². The molecule has 166 valence electrons. The molecule has 1 heterocycles. The largest absolute Gasteiger partial charge is 0.490 e. The van der Waals surface area contributed by atoms with E-state index in [1.165, 1.54) is 22.2 Å². The van der Waals surface area contributed by atoms with Crippen LogP contribution in [0.5, 0.6) is 5.75 Å². The van der Waals surface area contributed by atoms with E-state index in [9.17, 15) is 0 Å². The molecule has 0 amide bonds. The van der Waals surface area contributed by atoms with Crippen LogP contribution < -0.4 is 10.5 Å². The summed E-state index contributed by atoms with van der Waals surface area (Å²) in [5, 5.41) is 6.07. The molecule has 0 aliphatic rings. The summed E-state index contributed by atoms with van der Waals surface area (Å²) in [6.45, 7) is 20.6. The number of H-pyrrole nitrogens is 2. The number of aryl methyl sites for hydroxylation is 1. The number of nitrogens with two attached hydrogens (primary N) is 1. The normalized spacial score (nSPS) is 10.5. The monoisotopic (exact) mass is 421 g/mol. The van der Waals surface area contributed by atoms with Crippen molar-refractivity contribution >= 4 is 16.7 Å². The van der Waals surface area contributed by atoms with Crippen molar-refractivity contribution in [3.05, 3.63) is 84.2 Å². The van der Waals surface area contributed by atoms with Gasteiger partial charge in [-0.05, 0) is 73.2 Å². The number of rotatable bonds is 9. The molecular weight excluding hydrogens is 386 g/mol. The highest BCUT2D eigenvalue weighted by Gasteiger charge is 2.04. The molecule has 0 aliphatic heterocycles. The molecule has 0 radical (unpaired) electrons. The third kappa shape index (κ3) is 7.45. The molecular formula is C26H35N3O2. The van der Waals surface area contributed by atoms with Crippen molar-refractivity contribution in [2.24, 2.45) is 5.92 Å². The van der Waals surface area contributed by atoms with Crippen molar-refractivity contribution in [3.8, 4) is 5.75 Å². The number of hydrogen-bond donors (Lipinski definition) is 3. The van der Waals surface area contributed by atoms with Crippen molar-refractivity contribution in [2.45, 2.75) is 34.1 Å². The van der Waals surface area contributed by atoms with Crippen LogP contribution in [0.3, 0.4) is 0 Å². The van der Waals surface area contributed by atoms with E-state index >= 15 is 0 Å². The lowest BCUT2D eigenvalue weighted by atomic mass is 9.97. The Morgan fingerprint density at radius 1 is 1.00 bits per heavy atom. The molecule has 1 aromatic heterocycles. The SMILES string of the molecule is C=C(C)C(=C)OCCOc1ccc(N)c(C)c1.C=C(Cc1ccc2[nH][nH]c2c1)C(C)C. The molecule has 0 spiro atoms. The van der Waals surface area contributed by atoms with Gasteiger partial charge in [-0.3, -0.25) is 10.2 Å². The number of nitrogens with one attached hydrogen (secondary N) is 2. The van der Waals surface area contributed by atoms with E-state index in [1.807, 2.05) is 32.0 Å². The van der Waals surface area contributed by atoms with Gasteiger partial charge in [-0.15, -0.1) is 0 Å². The topological polar surface area (TPSA) is 76.1 Å². The number of allylic oxidation sites excluding steroid dienone is 2. The Balaban J connectivity index is 0.000000224. The molecule has 0 saturated heterocycles. The highest BCUT2D eigenvalue weighted by molar-refractivity contribution is 5.76. The molecule has 4 N–H and O–H groups in total. The molecule has 0 unspecified atom stereocenters. The second-order valence-corrected chi connectivity index (χ2v) is 8.04. The van der Waals surface area contributed by atoms with Crippen molar-refractivity contribution in [3.63, 3.8) is 0 Å². The van der Waals surface area contributed by atoms with Crippen LogP contribution in [0.2, 0.25) is 0 Å². The Morgan fingerprint density at radius 2 is 1.71 bits per heavy atom. The van der Waals surface area contributed by atoms with Crippen LogP contribution in [0.1, 0.15) is 31.9 Å². The van der Waals surface area contributed by atoms with E-state index in [0.717, 1.165) is 29.0 Å². The Hall–Kier alpha value is -3.34. The molecule has 0 bridgehead atoms. The van der Waals surface area contributed by atoms with Crippen LogP contribution >= 0.6 is 0 Å². The van der Waals surface area contributed by atoms with E-state index in [1.54, 1.807) is 0 Å².